The summed E-state index contributed by atoms with van der Waals surface area (Å²) in [6.45, 7) is -0.528. The highest BCUT2D eigenvalue weighted by Gasteiger charge is 2.45. The fourth-order valence-electron chi connectivity index (χ4n) is 2.24. The van der Waals surface area contributed by atoms with Gasteiger partial charge < -0.3 is 39.4 Å². The maximum atomic E-state index is 9.96. The Labute approximate surface area is 127 Å². The van der Waals surface area contributed by atoms with Gasteiger partial charge in [-0.15, -0.1) is 0 Å². The van der Waals surface area contributed by atoms with E-state index in [9.17, 15) is 15.3 Å². The van der Waals surface area contributed by atoms with E-state index in [2.05, 4.69) is 0 Å². The van der Waals surface area contributed by atoms with E-state index in [1.54, 1.807) is 18.2 Å². The molecule has 8 heteroatoms. The van der Waals surface area contributed by atoms with Gasteiger partial charge in [-0.2, -0.15) is 0 Å². The first kappa shape index (κ1) is 16.8. The molecule has 1 saturated heterocycles. The van der Waals surface area contributed by atoms with Gasteiger partial charge in [0.2, 0.25) is 12.0 Å². The highest BCUT2D eigenvalue weighted by Crippen LogP contribution is 2.38. The van der Waals surface area contributed by atoms with E-state index in [1.165, 1.54) is 14.2 Å². The van der Waals surface area contributed by atoms with Gasteiger partial charge in [-0.3, -0.25) is 0 Å². The maximum Gasteiger partial charge on any atom is 0.229 e. The van der Waals surface area contributed by atoms with Crippen LogP contribution in [0.3, 0.4) is 0 Å². The van der Waals surface area contributed by atoms with Gasteiger partial charge >= 0.3 is 0 Å². The van der Waals surface area contributed by atoms with Crippen molar-refractivity contribution in [2.24, 2.45) is 0 Å². The number of methoxy groups -OCH3 is 2. The number of ether oxygens (including phenoxy) is 4. The Hall–Kier alpha value is -1.58. The normalized spacial score (nSPS) is 31.6. The highest BCUT2D eigenvalue weighted by molar-refractivity contribution is 5.51. The van der Waals surface area contributed by atoms with Crippen LogP contribution < -0.4 is 14.2 Å². The molecule has 0 amide bonds. The molecule has 0 unspecified atom stereocenters. The second kappa shape index (κ2) is 7.12. The smallest absolute Gasteiger partial charge is 0.229 e. The number of benzene rings is 1. The minimum Gasteiger partial charge on any atom is -0.493 e. The molecular weight excluding hydrogens is 296 g/mol. The van der Waals surface area contributed by atoms with Crippen LogP contribution in [0.1, 0.15) is 0 Å². The van der Waals surface area contributed by atoms with Gasteiger partial charge in [0.15, 0.2) is 11.5 Å². The van der Waals surface area contributed by atoms with Gasteiger partial charge in [0, 0.05) is 0 Å². The second-order valence-electron chi connectivity index (χ2n) is 4.81. The SMILES string of the molecule is COc1cccc(O[C@@H]2O[C@H](CO)[C@@H](O)[C@H](O)[C@H]2O)c1OC. The summed E-state index contributed by atoms with van der Waals surface area (Å²) in [5.74, 6) is 0.942. The van der Waals surface area contributed by atoms with Gasteiger partial charge in [-0.1, -0.05) is 6.07 Å². The van der Waals surface area contributed by atoms with Crippen LogP contribution in [0.15, 0.2) is 18.2 Å². The minimum absolute atomic E-state index is 0.228. The van der Waals surface area contributed by atoms with Gasteiger partial charge in [-0.05, 0) is 12.1 Å². The van der Waals surface area contributed by atoms with Crippen molar-refractivity contribution in [3.05, 3.63) is 18.2 Å². The number of para-hydroxylation sites is 1. The van der Waals surface area contributed by atoms with Crippen molar-refractivity contribution in [3.8, 4) is 17.2 Å². The molecule has 2 rings (SSSR count). The lowest BCUT2D eigenvalue weighted by atomic mass is 9.99. The Morgan fingerprint density at radius 1 is 1.00 bits per heavy atom. The van der Waals surface area contributed by atoms with Gasteiger partial charge in [0.25, 0.3) is 0 Å². The Bertz CT molecular complexity index is 492. The number of hydrogen-bond acceptors (Lipinski definition) is 8. The van der Waals surface area contributed by atoms with Crippen LogP contribution in [0.2, 0.25) is 0 Å². The summed E-state index contributed by atoms with van der Waals surface area (Å²) in [4.78, 5) is 0. The van der Waals surface area contributed by atoms with E-state index in [-0.39, 0.29) is 5.75 Å². The molecule has 22 heavy (non-hydrogen) atoms. The Morgan fingerprint density at radius 2 is 1.68 bits per heavy atom. The van der Waals surface area contributed by atoms with E-state index < -0.39 is 37.3 Å². The lowest BCUT2D eigenvalue weighted by molar-refractivity contribution is -0.277. The molecule has 0 aromatic heterocycles. The molecule has 1 aromatic rings. The van der Waals surface area contributed by atoms with Crippen molar-refractivity contribution >= 4 is 0 Å². The molecular formula is C14H20O8. The molecule has 0 radical (unpaired) electrons. The maximum absolute atomic E-state index is 9.96. The number of aliphatic hydroxyl groups is 4. The average molecular weight is 316 g/mol. The zero-order valence-corrected chi connectivity index (χ0v) is 12.2. The third-order valence-corrected chi connectivity index (χ3v) is 3.46. The molecule has 0 aliphatic carbocycles. The minimum atomic E-state index is -1.51. The largest absolute Gasteiger partial charge is 0.493 e. The summed E-state index contributed by atoms with van der Waals surface area (Å²) in [5.41, 5.74) is 0. The molecule has 0 spiro atoms. The van der Waals surface area contributed by atoms with Gasteiger partial charge in [0.05, 0.1) is 20.8 Å². The molecule has 0 saturated carbocycles. The van der Waals surface area contributed by atoms with E-state index in [0.29, 0.717) is 11.5 Å². The van der Waals surface area contributed by atoms with Crippen molar-refractivity contribution in [2.45, 2.75) is 30.7 Å². The summed E-state index contributed by atoms with van der Waals surface area (Å²) >= 11 is 0. The van der Waals surface area contributed by atoms with Crippen LogP contribution >= 0.6 is 0 Å². The van der Waals surface area contributed by atoms with Crippen LogP contribution in [0.25, 0.3) is 0 Å². The van der Waals surface area contributed by atoms with Crippen LogP contribution in [0.4, 0.5) is 0 Å². The second-order valence-corrected chi connectivity index (χ2v) is 4.81. The monoisotopic (exact) mass is 316 g/mol. The zero-order chi connectivity index (χ0) is 16.3. The van der Waals surface area contributed by atoms with Gasteiger partial charge in [-0.25, -0.2) is 0 Å². The van der Waals surface area contributed by atoms with Crippen LogP contribution in [0.5, 0.6) is 17.2 Å². The lowest BCUT2D eigenvalue weighted by Crippen LogP contribution is -2.60. The molecule has 1 heterocycles. The Morgan fingerprint density at radius 3 is 2.27 bits per heavy atom. The number of hydrogen-bond donors (Lipinski definition) is 4. The predicted octanol–water partition coefficient (Wildman–Crippen LogP) is -1.12. The molecule has 5 atom stereocenters. The third-order valence-electron chi connectivity index (χ3n) is 3.46. The van der Waals surface area contributed by atoms with E-state index >= 15 is 0 Å². The standard InChI is InChI=1S/C14H20O8/c1-19-7-4-3-5-8(13(7)20-2)21-14-12(18)11(17)10(16)9(6-15)22-14/h3-5,9-12,14-18H,6H2,1-2H3/t9-,10-,11+,12-,14-/m1/s1. The fraction of sp³-hybridized carbons (Fsp3) is 0.571. The number of aliphatic hydroxyl groups excluding tert-OH is 4. The molecule has 8 nitrogen and oxygen atoms in total. The molecule has 124 valence electrons. The molecule has 4 N–H and O–H groups in total. The predicted molar refractivity (Wildman–Crippen MR) is 73.9 cm³/mol. The summed E-state index contributed by atoms with van der Waals surface area (Å²) < 4.78 is 21.1. The Balaban J connectivity index is 2.22. The number of rotatable bonds is 5. The van der Waals surface area contributed by atoms with E-state index in [1.807, 2.05) is 0 Å². The average Bonchev–Trinajstić information content (AvgIpc) is 2.54. The van der Waals surface area contributed by atoms with E-state index in [0.717, 1.165) is 0 Å². The van der Waals surface area contributed by atoms with Gasteiger partial charge in [0.1, 0.15) is 24.4 Å². The van der Waals surface area contributed by atoms with Crippen molar-refractivity contribution in [3.63, 3.8) is 0 Å². The lowest BCUT2D eigenvalue weighted by Gasteiger charge is -2.39. The highest BCUT2D eigenvalue weighted by atomic mass is 16.7. The first-order valence-corrected chi connectivity index (χ1v) is 6.71. The summed E-state index contributed by atoms with van der Waals surface area (Å²) in [7, 11) is 2.90. The van der Waals surface area contributed by atoms with Crippen LogP contribution in [-0.2, 0) is 4.74 Å². The first-order chi connectivity index (χ1) is 10.5. The summed E-state index contributed by atoms with van der Waals surface area (Å²) in [6.07, 6.45) is -6.76. The van der Waals surface area contributed by atoms with Crippen molar-refractivity contribution in [1.82, 2.24) is 0 Å². The molecule has 1 fully saturated rings. The third kappa shape index (κ3) is 3.11. The fourth-order valence-corrected chi connectivity index (χ4v) is 2.24. The topological polar surface area (TPSA) is 118 Å². The zero-order valence-electron chi connectivity index (χ0n) is 12.2. The van der Waals surface area contributed by atoms with Crippen LogP contribution in [-0.4, -0.2) is 72.0 Å². The quantitative estimate of drug-likeness (QED) is 0.540. The molecule has 1 aliphatic rings. The summed E-state index contributed by atoms with van der Waals surface area (Å²) in [5, 5.41) is 38.6. The molecule has 0 bridgehead atoms. The van der Waals surface area contributed by atoms with Crippen LogP contribution in [0, 0.1) is 0 Å². The molecule has 1 aliphatic heterocycles. The summed E-state index contributed by atoms with van der Waals surface area (Å²) in [6, 6.07) is 4.89. The Kier molecular flexibility index (Phi) is 5.43. The van der Waals surface area contributed by atoms with Crippen molar-refractivity contribution in [1.29, 1.82) is 0 Å². The van der Waals surface area contributed by atoms with E-state index in [4.69, 9.17) is 24.1 Å². The molecule has 1 aromatic carbocycles. The van der Waals surface area contributed by atoms with Crippen molar-refractivity contribution < 1.29 is 39.4 Å². The van der Waals surface area contributed by atoms with Crippen molar-refractivity contribution in [2.75, 3.05) is 20.8 Å². The first-order valence-electron chi connectivity index (χ1n) is 6.71.